The van der Waals surface area contributed by atoms with Gasteiger partial charge in [0.25, 0.3) is 0 Å². The Morgan fingerprint density at radius 1 is 1.37 bits per heavy atom. The molecule has 0 aliphatic carbocycles. The molecule has 1 aromatic carbocycles. The number of fused-ring (bicyclic) bond motifs is 2. The molecule has 19 heavy (non-hydrogen) atoms. The fraction of sp³-hybridized carbons (Fsp3) is 0.357. The van der Waals surface area contributed by atoms with Crippen LogP contribution in [-0.4, -0.2) is 23.5 Å². The summed E-state index contributed by atoms with van der Waals surface area (Å²) < 4.78 is 0. The second-order valence-corrected chi connectivity index (χ2v) is 5.83. The van der Waals surface area contributed by atoms with E-state index in [0.29, 0.717) is 16.6 Å². The molecule has 0 atom stereocenters. The zero-order chi connectivity index (χ0) is 13.6. The molecule has 100 valence electrons. The quantitative estimate of drug-likeness (QED) is 0.879. The summed E-state index contributed by atoms with van der Waals surface area (Å²) >= 11 is 12.4. The van der Waals surface area contributed by atoms with E-state index >= 15 is 0 Å². The van der Waals surface area contributed by atoms with Crippen LogP contribution >= 0.6 is 23.2 Å². The number of halogens is 2. The highest BCUT2D eigenvalue weighted by Crippen LogP contribution is 2.33. The molecule has 2 aromatic rings. The number of hydrogen-bond donors (Lipinski definition) is 1. The Hall–Kier alpha value is -0.870. The molecule has 0 spiro atoms. The van der Waals surface area contributed by atoms with Gasteiger partial charge in [0.05, 0.1) is 10.5 Å². The van der Waals surface area contributed by atoms with Gasteiger partial charge in [0.1, 0.15) is 0 Å². The minimum absolute atomic E-state index is 0.478. The van der Waals surface area contributed by atoms with Crippen LogP contribution in [0.2, 0.25) is 10.0 Å². The Bertz CT molecular complexity index is 655. The number of hydrogen-bond acceptors (Lipinski definition) is 3. The lowest BCUT2D eigenvalue weighted by Gasteiger charge is -2.27. The largest absolute Gasteiger partial charge is 0.326 e. The van der Waals surface area contributed by atoms with Crippen molar-refractivity contribution in [3.63, 3.8) is 0 Å². The molecule has 3 rings (SSSR count). The minimum atomic E-state index is 0.478. The summed E-state index contributed by atoms with van der Waals surface area (Å²) in [6, 6.07) is 3.65. The van der Waals surface area contributed by atoms with Gasteiger partial charge in [-0.1, -0.05) is 23.2 Å². The van der Waals surface area contributed by atoms with Crippen LogP contribution in [0.25, 0.3) is 10.9 Å². The molecule has 0 fully saturated rings. The summed E-state index contributed by atoms with van der Waals surface area (Å²) in [5.41, 5.74) is 10.2. The molecule has 2 heterocycles. The van der Waals surface area contributed by atoms with Crippen molar-refractivity contribution in [3.8, 4) is 0 Å². The standard InChI is InChI=1S/C14H15Cl2N3/c1-19-3-2-13-11(7-19)10(6-17)9-4-8(15)5-12(16)14(9)18-13/h4-5H,2-3,6-7,17H2,1H3. The van der Waals surface area contributed by atoms with Gasteiger partial charge in [0.2, 0.25) is 0 Å². The van der Waals surface area contributed by atoms with Crippen molar-refractivity contribution < 1.29 is 0 Å². The number of pyridine rings is 1. The SMILES string of the molecule is CN1CCc2nc3c(Cl)cc(Cl)cc3c(CN)c2C1. The molecule has 0 saturated carbocycles. The zero-order valence-electron chi connectivity index (χ0n) is 10.7. The number of aromatic nitrogens is 1. The average Bonchev–Trinajstić information content (AvgIpc) is 2.36. The first-order chi connectivity index (χ1) is 9.10. The lowest BCUT2D eigenvalue weighted by Crippen LogP contribution is -2.29. The minimum Gasteiger partial charge on any atom is -0.326 e. The Balaban J connectivity index is 2.36. The topological polar surface area (TPSA) is 42.2 Å². The molecular formula is C14H15Cl2N3. The van der Waals surface area contributed by atoms with Gasteiger partial charge in [-0.3, -0.25) is 4.98 Å². The summed E-state index contributed by atoms with van der Waals surface area (Å²) in [5.74, 6) is 0. The van der Waals surface area contributed by atoms with Crippen molar-refractivity contribution in [1.82, 2.24) is 9.88 Å². The maximum absolute atomic E-state index is 6.26. The Morgan fingerprint density at radius 3 is 2.89 bits per heavy atom. The van der Waals surface area contributed by atoms with Crippen LogP contribution in [0.5, 0.6) is 0 Å². The first-order valence-electron chi connectivity index (χ1n) is 6.28. The molecule has 1 aromatic heterocycles. The van der Waals surface area contributed by atoms with Gasteiger partial charge in [-0.25, -0.2) is 0 Å². The highest BCUT2D eigenvalue weighted by atomic mass is 35.5. The number of nitrogens with zero attached hydrogens (tertiary/aromatic N) is 2. The predicted molar refractivity (Wildman–Crippen MR) is 79.7 cm³/mol. The zero-order valence-corrected chi connectivity index (χ0v) is 12.2. The molecular weight excluding hydrogens is 281 g/mol. The second-order valence-electron chi connectivity index (χ2n) is 4.99. The molecule has 0 unspecified atom stereocenters. The molecule has 5 heteroatoms. The van der Waals surface area contributed by atoms with E-state index in [9.17, 15) is 0 Å². The van der Waals surface area contributed by atoms with Crippen LogP contribution in [0.15, 0.2) is 12.1 Å². The van der Waals surface area contributed by atoms with Crippen molar-refractivity contribution in [2.75, 3.05) is 13.6 Å². The van der Waals surface area contributed by atoms with Gasteiger partial charge in [-0.2, -0.15) is 0 Å². The van der Waals surface area contributed by atoms with Crippen LogP contribution in [0.3, 0.4) is 0 Å². The third kappa shape index (κ3) is 2.21. The third-order valence-electron chi connectivity index (χ3n) is 3.68. The lowest BCUT2D eigenvalue weighted by molar-refractivity contribution is 0.309. The smallest absolute Gasteiger partial charge is 0.0895 e. The fourth-order valence-electron chi connectivity index (χ4n) is 2.72. The monoisotopic (exact) mass is 295 g/mol. The molecule has 1 aliphatic rings. The molecule has 2 N–H and O–H groups in total. The molecule has 1 aliphatic heterocycles. The van der Waals surface area contributed by atoms with E-state index in [4.69, 9.17) is 33.9 Å². The first kappa shape index (κ1) is 13.1. The van der Waals surface area contributed by atoms with Gasteiger partial charge in [0.15, 0.2) is 0 Å². The van der Waals surface area contributed by atoms with Crippen molar-refractivity contribution in [2.45, 2.75) is 19.5 Å². The van der Waals surface area contributed by atoms with E-state index in [1.165, 1.54) is 5.56 Å². The molecule has 0 radical (unpaired) electrons. The second kappa shape index (κ2) is 4.91. The Kier molecular flexibility index (Phi) is 3.39. The summed E-state index contributed by atoms with van der Waals surface area (Å²) in [4.78, 5) is 7.01. The summed E-state index contributed by atoms with van der Waals surface area (Å²) in [6.07, 6.45) is 0.938. The fourth-order valence-corrected chi connectivity index (χ4v) is 3.26. The van der Waals surface area contributed by atoms with Crippen molar-refractivity contribution in [2.24, 2.45) is 5.73 Å². The van der Waals surface area contributed by atoms with Crippen LogP contribution in [0.1, 0.15) is 16.8 Å². The van der Waals surface area contributed by atoms with E-state index in [0.717, 1.165) is 41.7 Å². The highest BCUT2D eigenvalue weighted by Gasteiger charge is 2.21. The average molecular weight is 296 g/mol. The van der Waals surface area contributed by atoms with Crippen LogP contribution in [-0.2, 0) is 19.5 Å². The number of likely N-dealkylation sites (N-methyl/N-ethyl adjacent to an activating group) is 1. The predicted octanol–water partition coefficient (Wildman–Crippen LogP) is 2.99. The van der Waals surface area contributed by atoms with Gasteiger partial charge in [0, 0.05) is 42.2 Å². The summed E-state index contributed by atoms with van der Waals surface area (Å²) in [7, 11) is 2.11. The molecule has 0 saturated heterocycles. The van der Waals surface area contributed by atoms with Gasteiger partial charge in [-0.15, -0.1) is 0 Å². The van der Waals surface area contributed by atoms with Crippen LogP contribution < -0.4 is 5.73 Å². The van der Waals surface area contributed by atoms with Crippen LogP contribution in [0.4, 0.5) is 0 Å². The van der Waals surface area contributed by atoms with Gasteiger partial charge >= 0.3 is 0 Å². The van der Waals surface area contributed by atoms with E-state index in [1.807, 2.05) is 6.07 Å². The van der Waals surface area contributed by atoms with Crippen molar-refractivity contribution >= 4 is 34.1 Å². The summed E-state index contributed by atoms with van der Waals surface area (Å²) in [6.45, 7) is 2.38. The van der Waals surface area contributed by atoms with Crippen molar-refractivity contribution in [3.05, 3.63) is 39.0 Å². The Morgan fingerprint density at radius 2 is 2.16 bits per heavy atom. The Labute approximate surface area is 122 Å². The van der Waals surface area contributed by atoms with E-state index < -0.39 is 0 Å². The maximum Gasteiger partial charge on any atom is 0.0895 e. The highest BCUT2D eigenvalue weighted by molar-refractivity contribution is 6.38. The number of rotatable bonds is 1. The van der Waals surface area contributed by atoms with Gasteiger partial charge in [-0.05, 0) is 30.3 Å². The van der Waals surface area contributed by atoms with E-state index in [1.54, 1.807) is 6.07 Å². The third-order valence-corrected chi connectivity index (χ3v) is 4.18. The van der Waals surface area contributed by atoms with E-state index in [2.05, 4.69) is 11.9 Å². The molecule has 0 bridgehead atoms. The van der Waals surface area contributed by atoms with Crippen LogP contribution in [0, 0.1) is 0 Å². The molecule has 0 amide bonds. The van der Waals surface area contributed by atoms with Gasteiger partial charge < -0.3 is 10.6 Å². The first-order valence-corrected chi connectivity index (χ1v) is 7.03. The van der Waals surface area contributed by atoms with E-state index in [-0.39, 0.29) is 0 Å². The van der Waals surface area contributed by atoms with Crippen molar-refractivity contribution in [1.29, 1.82) is 0 Å². The normalized spacial score (nSPS) is 15.8. The summed E-state index contributed by atoms with van der Waals surface area (Å²) in [5, 5.41) is 2.20. The number of benzene rings is 1. The lowest BCUT2D eigenvalue weighted by atomic mass is 9.96. The molecule has 3 nitrogen and oxygen atoms in total. The number of nitrogens with two attached hydrogens (primary N) is 1. The maximum atomic E-state index is 6.26.